The lowest BCUT2D eigenvalue weighted by molar-refractivity contribution is -0.147. The van der Waals surface area contributed by atoms with E-state index < -0.39 is 5.97 Å². The van der Waals surface area contributed by atoms with Gasteiger partial charge in [0.25, 0.3) is 0 Å². The lowest BCUT2D eigenvalue weighted by Gasteiger charge is -2.48. The molecule has 1 aromatic heterocycles. The number of carboxylic acid groups (broad SMARTS) is 1. The average Bonchev–Trinajstić information content (AvgIpc) is 2.89. The number of nitrogens with zero attached hydrogens (tertiary/aromatic N) is 3. The van der Waals surface area contributed by atoms with Gasteiger partial charge in [0.1, 0.15) is 5.75 Å². The van der Waals surface area contributed by atoms with Crippen LogP contribution in [0.3, 0.4) is 0 Å². The van der Waals surface area contributed by atoms with Crippen molar-refractivity contribution in [3.63, 3.8) is 0 Å². The van der Waals surface area contributed by atoms with Gasteiger partial charge in [-0.25, -0.2) is 0 Å². The number of methoxy groups -OCH3 is 1. The number of carbonyl (C=O) groups is 1. The molecule has 38 heavy (non-hydrogen) atoms. The molecule has 3 aromatic rings. The molecule has 2 aliphatic heterocycles. The molecule has 1 N–H and O–H groups in total. The second-order valence-electron chi connectivity index (χ2n) is 11.5. The zero-order valence-corrected chi connectivity index (χ0v) is 22.3. The minimum absolute atomic E-state index is 0.222. The second kappa shape index (κ2) is 11.0. The van der Waals surface area contributed by atoms with Crippen LogP contribution in [0, 0.1) is 11.8 Å². The predicted molar refractivity (Wildman–Crippen MR) is 149 cm³/mol. The van der Waals surface area contributed by atoms with Gasteiger partial charge in [-0.3, -0.25) is 19.6 Å². The molecule has 6 nitrogen and oxygen atoms in total. The molecular formula is C32H39N3O3. The van der Waals surface area contributed by atoms with E-state index in [1.54, 1.807) is 7.11 Å². The predicted octanol–water partition coefficient (Wildman–Crippen LogP) is 5.74. The molecule has 0 spiro atoms. The fourth-order valence-corrected chi connectivity index (χ4v) is 6.99. The topological polar surface area (TPSA) is 65.9 Å². The van der Waals surface area contributed by atoms with Crippen molar-refractivity contribution in [1.82, 2.24) is 14.8 Å². The number of hydrogen-bond donors (Lipinski definition) is 1. The molecule has 3 aliphatic rings. The first kappa shape index (κ1) is 25.3. The van der Waals surface area contributed by atoms with E-state index in [2.05, 4.69) is 57.2 Å². The van der Waals surface area contributed by atoms with Crippen LogP contribution in [-0.2, 0) is 4.79 Å². The highest BCUT2D eigenvalue weighted by molar-refractivity contribution is 5.84. The molecule has 200 valence electrons. The van der Waals surface area contributed by atoms with Gasteiger partial charge in [0.05, 0.1) is 18.5 Å². The number of benzene rings is 2. The number of aromatic nitrogens is 1. The second-order valence-corrected chi connectivity index (χ2v) is 11.5. The fraction of sp³-hybridized carbons (Fsp3) is 0.500. The number of hydrogen-bond acceptors (Lipinski definition) is 5. The van der Waals surface area contributed by atoms with Crippen molar-refractivity contribution >= 4 is 16.9 Å². The third-order valence-corrected chi connectivity index (χ3v) is 9.49. The van der Waals surface area contributed by atoms with Gasteiger partial charge in [0.2, 0.25) is 0 Å². The highest BCUT2D eigenvalue weighted by atomic mass is 16.5. The molecule has 6 heteroatoms. The summed E-state index contributed by atoms with van der Waals surface area (Å²) < 4.78 is 5.52. The maximum atomic E-state index is 12.4. The Bertz CT molecular complexity index is 1260. The molecule has 6 rings (SSSR count). The number of fused-ring (bicyclic) bond motifs is 1. The van der Waals surface area contributed by atoms with Crippen molar-refractivity contribution in [2.24, 2.45) is 11.8 Å². The van der Waals surface area contributed by atoms with Gasteiger partial charge >= 0.3 is 5.97 Å². The minimum atomic E-state index is -0.627. The summed E-state index contributed by atoms with van der Waals surface area (Å²) in [4.78, 5) is 22.1. The summed E-state index contributed by atoms with van der Waals surface area (Å²) in [6.07, 6.45) is 8.33. The van der Waals surface area contributed by atoms with Crippen LogP contribution in [0.25, 0.3) is 10.9 Å². The maximum Gasteiger partial charge on any atom is 0.308 e. The van der Waals surface area contributed by atoms with Gasteiger partial charge in [-0.1, -0.05) is 30.3 Å². The summed E-state index contributed by atoms with van der Waals surface area (Å²) in [5, 5.41) is 11.4. The summed E-state index contributed by atoms with van der Waals surface area (Å²) in [7, 11) is 1.70. The Morgan fingerprint density at radius 3 is 2.63 bits per heavy atom. The molecule has 3 fully saturated rings. The Morgan fingerprint density at radius 1 is 1.11 bits per heavy atom. The molecule has 1 unspecified atom stereocenters. The van der Waals surface area contributed by atoms with Crippen molar-refractivity contribution < 1.29 is 14.6 Å². The molecule has 0 radical (unpaired) electrons. The van der Waals surface area contributed by atoms with Crippen LogP contribution in [0.4, 0.5) is 0 Å². The van der Waals surface area contributed by atoms with E-state index in [-0.39, 0.29) is 17.9 Å². The van der Waals surface area contributed by atoms with E-state index in [0.717, 1.165) is 68.4 Å². The number of piperidine rings is 1. The first-order chi connectivity index (χ1) is 18.6. The van der Waals surface area contributed by atoms with Gasteiger partial charge in [-0.15, -0.1) is 0 Å². The van der Waals surface area contributed by atoms with E-state index in [9.17, 15) is 9.90 Å². The average molecular weight is 514 g/mol. The summed E-state index contributed by atoms with van der Waals surface area (Å²) >= 11 is 0. The van der Waals surface area contributed by atoms with E-state index in [1.165, 1.54) is 17.5 Å². The fourth-order valence-electron chi connectivity index (χ4n) is 6.99. The van der Waals surface area contributed by atoms with Crippen LogP contribution >= 0.6 is 0 Å². The van der Waals surface area contributed by atoms with Crippen LogP contribution in [0.15, 0.2) is 60.8 Å². The van der Waals surface area contributed by atoms with Gasteiger partial charge in [-0.2, -0.15) is 0 Å². The monoisotopic (exact) mass is 513 g/mol. The molecule has 3 heterocycles. The van der Waals surface area contributed by atoms with Crippen molar-refractivity contribution in [2.75, 3.05) is 33.3 Å². The number of likely N-dealkylation sites (tertiary alicyclic amines) is 2. The number of ether oxygens (including phenoxy) is 1. The van der Waals surface area contributed by atoms with Crippen LogP contribution < -0.4 is 4.74 Å². The van der Waals surface area contributed by atoms with Crippen molar-refractivity contribution in [2.45, 2.75) is 56.5 Å². The van der Waals surface area contributed by atoms with Crippen molar-refractivity contribution in [3.05, 3.63) is 71.9 Å². The molecule has 3 atom stereocenters. The van der Waals surface area contributed by atoms with Crippen LogP contribution in [0.1, 0.15) is 61.6 Å². The summed E-state index contributed by atoms with van der Waals surface area (Å²) in [6, 6.07) is 19.8. The van der Waals surface area contributed by atoms with Gasteiger partial charge < -0.3 is 9.84 Å². The van der Waals surface area contributed by atoms with E-state index in [0.29, 0.717) is 18.5 Å². The third-order valence-electron chi connectivity index (χ3n) is 9.49. The maximum absolute atomic E-state index is 12.4. The number of carboxylic acids is 1. The zero-order valence-electron chi connectivity index (χ0n) is 22.3. The van der Waals surface area contributed by atoms with E-state index in [4.69, 9.17) is 4.74 Å². The Morgan fingerprint density at radius 2 is 1.92 bits per heavy atom. The molecular weight excluding hydrogens is 474 g/mol. The first-order valence-electron chi connectivity index (χ1n) is 14.3. The molecule has 1 saturated carbocycles. The first-order valence-corrected chi connectivity index (χ1v) is 14.3. The Labute approximate surface area is 225 Å². The molecule has 1 aliphatic carbocycles. The van der Waals surface area contributed by atoms with Gasteiger partial charge in [0.15, 0.2) is 0 Å². The highest BCUT2D eigenvalue weighted by Gasteiger charge is 2.41. The van der Waals surface area contributed by atoms with Crippen molar-refractivity contribution in [1.29, 1.82) is 0 Å². The lowest BCUT2D eigenvalue weighted by atomic mass is 9.73. The molecule has 2 aromatic carbocycles. The molecule has 2 saturated heterocycles. The normalized spacial score (nSPS) is 26.9. The summed E-state index contributed by atoms with van der Waals surface area (Å²) in [5.41, 5.74) is 3.70. The van der Waals surface area contributed by atoms with E-state index in [1.807, 2.05) is 18.3 Å². The number of rotatable bonds is 9. The third kappa shape index (κ3) is 5.04. The SMILES string of the molecule is COc1ccc2nccc(C(CC[C@@H]3CCN(C4CC(c5ccccc5)C4)C[C@@H]3C(=O)O)N3CCC3)c2c1. The van der Waals surface area contributed by atoms with Gasteiger partial charge in [0, 0.05) is 30.2 Å². The highest BCUT2D eigenvalue weighted by Crippen LogP contribution is 2.43. The summed E-state index contributed by atoms with van der Waals surface area (Å²) in [6.45, 7) is 3.91. The minimum Gasteiger partial charge on any atom is -0.497 e. The number of aliphatic carboxylic acids is 1. The molecule has 0 amide bonds. The zero-order chi connectivity index (χ0) is 26.1. The van der Waals surface area contributed by atoms with Crippen molar-refractivity contribution in [3.8, 4) is 5.75 Å². The van der Waals surface area contributed by atoms with Gasteiger partial charge in [-0.05, 0) is 105 Å². The van der Waals surface area contributed by atoms with Crippen LogP contribution in [0.2, 0.25) is 0 Å². The van der Waals surface area contributed by atoms with Crippen LogP contribution in [-0.4, -0.2) is 65.2 Å². The Hall–Kier alpha value is -2.96. The largest absolute Gasteiger partial charge is 0.497 e. The Balaban J connectivity index is 1.13. The Kier molecular flexibility index (Phi) is 7.35. The quantitative estimate of drug-likeness (QED) is 0.394. The lowest BCUT2D eigenvalue weighted by Crippen LogP contribution is -2.52. The van der Waals surface area contributed by atoms with Crippen LogP contribution in [0.5, 0.6) is 5.75 Å². The van der Waals surface area contributed by atoms with E-state index >= 15 is 0 Å². The number of pyridine rings is 1. The summed E-state index contributed by atoms with van der Waals surface area (Å²) in [5.74, 6) is 0.774. The molecule has 0 bridgehead atoms. The standard InChI is InChI=1S/C32H39N3O3/c1-38-26-9-10-30-28(20-26)27(12-14-33-30)31(34-15-5-16-34)11-8-23-13-17-35(21-29(23)32(36)37)25-18-24(19-25)22-6-3-2-4-7-22/h2-4,6-7,9-10,12,14,20,23-25,29,31H,5,8,11,13,15-19,21H2,1H3,(H,36,37)/t23-,24?,25?,29+,31?/m1/s1. The smallest absolute Gasteiger partial charge is 0.308 e.